The molecule has 0 N–H and O–H groups in total. The first kappa shape index (κ1) is 6.56. The number of hydrogen-bond donors (Lipinski definition) is 0. The standard InChI is InChI=1S/C8H11Si/c1-9-7-8-5-3-2-4-6-8/h2-6H,1,7,9H2. The van der Waals surface area contributed by atoms with Crippen LogP contribution in [0.5, 0.6) is 0 Å². The second-order valence-corrected chi connectivity index (χ2v) is 3.30. The van der Waals surface area contributed by atoms with Crippen LogP contribution in [0.15, 0.2) is 30.3 Å². The number of rotatable bonds is 2. The van der Waals surface area contributed by atoms with Crippen LogP contribution in [-0.4, -0.2) is 9.52 Å². The molecule has 47 valence electrons. The molecule has 0 fully saturated rings. The molecule has 1 rings (SSSR count). The first-order valence-corrected chi connectivity index (χ1v) is 5.26. The zero-order chi connectivity index (χ0) is 6.53. The average molecular weight is 135 g/mol. The third-order valence-corrected chi connectivity index (χ3v) is 2.24. The summed E-state index contributed by atoms with van der Waals surface area (Å²) in [6, 6.07) is 11.8. The fourth-order valence-corrected chi connectivity index (χ4v) is 1.59. The van der Waals surface area contributed by atoms with Gasteiger partial charge in [0.05, 0.1) is 0 Å². The summed E-state index contributed by atoms with van der Waals surface area (Å²) in [6.45, 7) is 3.92. The van der Waals surface area contributed by atoms with Crippen molar-refractivity contribution in [1.82, 2.24) is 0 Å². The van der Waals surface area contributed by atoms with Gasteiger partial charge >= 0.3 is 0 Å². The van der Waals surface area contributed by atoms with Gasteiger partial charge < -0.3 is 0 Å². The highest BCUT2D eigenvalue weighted by atomic mass is 28.2. The molecule has 0 unspecified atom stereocenters. The van der Waals surface area contributed by atoms with Gasteiger partial charge in [0.15, 0.2) is 0 Å². The van der Waals surface area contributed by atoms with E-state index in [1.165, 1.54) is 11.6 Å². The highest BCUT2D eigenvalue weighted by Gasteiger charge is 1.85. The zero-order valence-corrected chi connectivity index (χ0v) is 6.92. The Morgan fingerprint density at radius 2 is 1.89 bits per heavy atom. The van der Waals surface area contributed by atoms with E-state index in [0.717, 1.165) is 0 Å². The molecule has 0 aliphatic heterocycles. The molecule has 0 saturated heterocycles. The summed E-state index contributed by atoms with van der Waals surface area (Å²) in [7, 11) is -0.0343. The Morgan fingerprint density at radius 3 is 2.44 bits per heavy atom. The van der Waals surface area contributed by atoms with Gasteiger partial charge in [0.25, 0.3) is 0 Å². The van der Waals surface area contributed by atoms with Crippen molar-refractivity contribution in [2.45, 2.75) is 6.04 Å². The Hall–Kier alpha value is -0.563. The highest BCUT2D eigenvalue weighted by molar-refractivity contribution is 6.36. The van der Waals surface area contributed by atoms with Crippen molar-refractivity contribution in [2.75, 3.05) is 0 Å². The summed E-state index contributed by atoms with van der Waals surface area (Å²) in [5.41, 5.74) is 1.44. The Morgan fingerprint density at radius 1 is 1.22 bits per heavy atom. The monoisotopic (exact) mass is 135 g/mol. The smallest absolute Gasteiger partial charge is 0.0245 e. The molecule has 1 radical (unpaired) electrons. The van der Waals surface area contributed by atoms with Crippen molar-refractivity contribution in [2.24, 2.45) is 0 Å². The normalized spacial score (nSPS) is 10.8. The molecule has 0 aliphatic rings. The lowest BCUT2D eigenvalue weighted by molar-refractivity contribution is 1.39. The maximum atomic E-state index is 3.92. The predicted molar refractivity (Wildman–Crippen MR) is 44.0 cm³/mol. The first-order chi connectivity index (χ1) is 4.43. The van der Waals surface area contributed by atoms with Crippen LogP contribution >= 0.6 is 0 Å². The van der Waals surface area contributed by atoms with E-state index in [9.17, 15) is 0 Å². The predicted octanol–water partition coefficient (Wildman–Crippen LogP) is 1.15. The lowest BCUT2D eigenvalue weighted by atomic mass is 10.2. The molecule has 0 nitrogen and oxygen atoms in total. The molecule has 0 aromatic heterocycles. The summed E-state index contributed by atoms with van der Waals surface area (Å²) in [6.07, 6.45) is 0. The minimum absolute atomic E-state index is 0.0343. The van der Waals surface area contributed by atoms with Crippen molar-refractivity contribution >= 4 is 9.52 Å². The van der Waals surface area contributed by atoms with Gasteiger partial charge in [-0.05, 0) is 6.04 Å². The third kappa shape index (κ3) is 2.02. The van der Waals surface area contributed by atoms with Gasteiger partial charge in [0, 0.05) is 9.52 Å². The van der Waals surface area contributed by atoms with Crippen molar-refractivity contribution in [3.63, 3.8) is 0 Å². The Balaban J connectivity index is 2.61. The van der Waals surface area contributed by atoms with Crippen LogP contribution in [0.25, 0.3) is 0 Å². The second kappa shape index (κ2) is 3.46. The van der Waals surface area contributed by atoms with Crippen LogP contribution in [0, 0.1) is 6.55 Å². The topological polar surface area (TPSA) is 0 Å². The zero-order valence-electron chi connectivity index (χ0n) is 5.51. The second-order valence-electron chi connectivity index (χ2n) is 2.09. The van der Waals surface area contributed by atoms with Crippen molar-refractivity contribution < 1.29 is 0 Å². The fourth-order valence-electron chi connectivity index (χ4n) is 0.849. The van der Waals surface area contributed by atoms with Crippen LogP contribution in [0.4, 0.5) is 0 Å². The average Bonchev–Trinajstić information content (AvgIpc) is 1.91. The minimum Gasteiger partial charge on any atom is -0.0654 e. The van der Waals surface area contributed by atoms with Crippen LogP contribution in [-0.2, 0) is 6.04 Å². The summed E-state index contributed by atoms with van der Waals surface area (Å²) >= 11 is 0. The van der Waals surface area contributed by atoms with E-state index < -0.39 is 0 Å². The molecule has 0 heterocycles. The van der Waals surface area contributed by atoms with Crippen LogP contribution in [0.1, 0.15) is 5.56 Å². The molecule has 0 atom stereocenters. The van der Waals surface area contributed by atoms with Gasteiger partial charge in [-0.2, -0.15) is 0 Å². The van der Waals surface area contributed by atoms with E-state index in [-0.39, 0.29) is 9.52 Å². The molecule has 0 saturated carbocycles. The molecular formula is C8H11Si. The molecule has 0 bridgehead atoms. The maximum Gasteiger partial charge on any atom is 0.0245 e. The largest absolute Gasteiger partial charge is 0.0654 e. The molecule has 1 aromatic carbocycles. The fraction of sp³-hybridized carbons (Fsp3) is 0.125. The lowest BCUT2D eigenvalue weighted by Gasteiger charge is -1.93. The Kier molecular flexibility index (Phi) is 2.52. The van der Waals surface area contributed by atoms with Gasteiger partial charge in [0.1, 0.15) is 0 Å². The van der Waals surface area contributed by atoms with E-state index in [1.54, 1.807) is 0 Å². The summed E-state index contributed by atoms with van der Waals surface area (Å²) in [5.74, 6) is 0. The Labute approximate surface area is 58.7 Å². The van der Waals surface area contributed by atoms with Crippen LogP contribution in [0.3, 0.4) is 0 Å². The molecule has 9 heavy (non-hydrogen) atoms. The van der Waals surface area contributed by atoms with Gasteiger partial charge in [0.2, 0.25) is 0 Å². The van der Waals surface area contributed by atoms with Gasteiger partial charge in [-0.15, -0.1) is 0 Å². The highest BCUT2D eigenvalue weighted by Crippen LogP contribution is 1.96. The maximum absolute atomic E-state index is 3.92. The minimum atomic E-state index is -0.0343. The van der Waals surface area contributed by atoms with E-state index in [2.05, 4.69) is 30.8 Å². The lowest BCUT2D eigenvalue weighted by Crippen LogP contribution is -1.89. The van der Waals surface area contributed by atoms with Crippen molar-refractivity contribution in [1.29, 1.82) is 0 Å². The third-order valence-electron chi connectivity index (χ3n) is 1.31. The summed E-state index contributed by atoms with van der Waals surface area (Å²) in [5, 5.41) is 0. The van der Waals surface area contributed by atoms with E-state index >= 15 is 0 Å². The molecule has 0 spiro atoms. The van der Waals surface area contributed by atoms with Crippen molar-refractivity contribution in [3.05, 3.63) is 42.4 Å². The molecule has 1 heteroatoms. The van der Waals surface area contributed by atoms with E-state index in [1.807, 2.05) is 6.07 Å². The number of benzene rings is 1. The molecule has 1 aromatic rings. The van der Waals surface area contributed by atoms with Crippen LogP contribution < -0.4 is 0 Å². The summed E-state index contributed by atoms with van der Waals surface area (Å²) in [4.78, 5) is 0. The first-order valence-electron chi connectivity index (χ1n) is 3.26. The van der Waals surface area contributed by atoms with E-state index in [4.69, 9.17) is 0 Å². The van der Waals surface area contributed by atoms with E-state index in [0.29, 0.717) is 0 Å². The van der Waals surface area contributed by atoms with Gasteiger partial charge in [-0.3, -0.25) is 0 Å². The quantitative estimate of drug-likeness (QED) is 0.534. The molecule has 0 amide bonds. The van der Waals surface area contributed by atoms with Gasteiger partial charge in [-0.1, -0.05) is 42.4 Å². The SMILES string of the molecule is [CH2][SiH2]Cc1ccccc1. The van der Waals surface area contributed by atoms with Crippen molar-refractivity contribution in [3.8, 4) is 0 Å². The Bertz CT molecular complexity index is 157. The number of hydrogen-bond acceptors (Lipinski definition) is 0. The van der Waals surface area contributed by atoms with Crippen LogP contribution in [0.2, 0.25) is 0 Å². The molecular weight excluding hydrogens is 124 g/mol. The van der Waals surface area contributed by atoms with Gasteiger partial charge in [-0.25, -0.2) is 0 Å². The summed E-state index contributed by atoms with van der Waals surface area (Å²) < 4.78 is 0. The molecule has 0 aliphatic carbocycles.